The lowest BCUT2D eigenvalue weighted by atomic mass is 9.89. The van der Waals surface area contributed by atoms with Gasteiger partial charge in [0.15, 0.2) is 0 Å². The molecule has 0 saturated carbocycles. The van der Waals surface area contributed by atoms with Crippen molar-refractivity contribution >= 4 is 11.6 Å². The summed E-state index contributed by atoms with van der Waals surface area (Å²) in [6.07, 6.45) is 2.42. The molecule has 0 bridgehead atoms. The molecule has 2 nitrogen and oxygen atoms in total. The zero-order chi connectivity index (χ0) is 10.3. The summed E-state index contributed by atoms with van der Waals surface area (Å²) in [4.78, 5) is 0. The fourth-order valence-corrected chi connectivity index (χ4v) is 2.53. The highest BCUT2D eigenvalue weighted by Crippen LogP contribution is 2.34. The summed E-state index contributed by atoms with van der Waals surface area (Å²) in [5.74, 6) is 0. The van der Waals surface area contributed by atoms with Crippen LogP contribution in [-0.2, 0) is 11.2 Å². The molecule has 1 saturated heterocycles. The molecule has 1 aromatic rings. The smallest absolute Gasteiger partial charge is 0.0981 e. The van der Waals surface area contributed by atoms with Crippen molar-refractivity contribution in [2.24, 2.45) is 0 Å². The Morgan fingerprint density at radius 1 is 1.40 bits per heavy atom. The molecule has 0 unspecified atom stereocenters. The summed E-state index contributed by atoms with van der Waals surface area (Å²) < 4.78 is 5.84. The Morgan fingerprint density at radius 2 is 2.27 bits per heavy atom. The van der Waals surface area contributed by atoms with Gasteiger partial charge in [0.25, 0.3) is 0 Å². The summed E-state index contributed by atoms with van der Waals surface area (Å²) in [5, 5.41) is 4.22. The molecule has 0 aromatic heterocycles. The summed E-state index contributed by atoms with van der Waals surface area (Å²) in [6.45, 7) is 1.94. The second kappa shape index (κ2) is 3.78. The highest BCUT2D eigenvalue weighted by molar-refractivity contribution is 6.30. The van der Waals surface area contributed by atoms with Crippen LogP contribution in [-0.4, -0.2) is 19.2 Å². The second-order valence-corrected chi connectivity index (χ2v) is 4.67. The molecule has 0 aliphatic carbocycles. The molecule has 0 radical (unpaired) electrons. The van der Waals surface area contributed by atoms with Crippen LogP contribution in [0.1, 0.15) is 23.7 Å². The van der Waals surface area contributed by atoms with Gasteiger partial charge in [0, 0.05) is 11.1 Å². The van der Waals surface area contributed by atoms with Crippen molar-refractivity contribution < 1.29 is 4.74 Å². The first-order valence-electron chi connectivity index (χ1n) is 5.48. The first-order valence-corrected chi connectivity index (χ1v) is 5.86. The number of hydrogen-bond acceptors (Lipinski definition) is 2. The largest absolute Gasteiger partial charge is 0.372 e. The van der Waals surface area contributed by atoms with E-state index in [0.717, 1.165) is 24.6 Å². The second-order valence-electron chi connectivity index (χ2n) is 4.23. The van der Waals surface area contributed by atoms with E-state index in [-0.39, 0.29) is 6.10 Å². The molecule has 2 atom stereocenters. The van der Waals surface area contributed by atoms with Crippen LogP contribution >= 0.6 is 11.6 Å². The van der Waals surface area contributed by atoms with E-state index in [1.54, 1.807) is 0 Å². The molecule has 3 rings (SSSR count). The van der Waals surface area contributed by atoms with Crippen molar-refractivity contribution in [3.05, 3.63) is 34.3 Å². The molecule has 1 fully saturated rings. The number of benzene rings is 1. The molecule has 0 amide bonds. The fraction of sp³-hybridized carbons (Fsp3) is 0.500. The lowest BCUT2D eigenvalue weighted by Gasteiger charge is -2.38. The van der Waals surface area contributed by atoms with Crippen molar-refractivity contribution in [1.29, 1.82) is 0 Å². The number of halogens is 1. The summed E-state index contributed by atoms with van der Waals surface area (Å²) in [5.41, 5.74) is 2.68. The number of rotatable bonds is 1. The highest BCUT2D eigenvalue weighted by atomic mass is 35.5. The quantitative estimate of drug-likeness (QED) is 0.789. The van der Waals surface area contributed by atoms with Gasteiger partial charge in [-0.1, -0.05) is 17.7 Å². The average molecular weight is 224 g/mol. The fourth-order valence-electron chi connectivity index (χ4n) is 2.35. The minimum Gasteiger partial charge on any atom is -0.372 e. The van der Waals surface area contributed by atoms with Crippen LogP contribution in [0.25, 0.3) is 0 Å². The van der Waals surface area contributed by atoms with Gasteiger partial charge in [-0.15, -0.1) is 0 Å². The van der Waals surface area contributed by atoms with Crippen molar-refractivity contribution in [2.75, 3.05) is 13.2 Å². The van der Waals surface area contributed by atoms with E-state index >= 15 is 0 Å². The van der Waals surface area contributed by atoms with Crippen molar-refractivity contribution in [3.8, 4) is 0 Å². The van der Waals surface area contributed by atoms with Gasteiger partial charge < -0.3 is 10.1 Å². The molecule has 15 heavy (non-hydrogen) atoms. The van der Waals surface area contributed by atoms with Gasteiger partial charge in [-0.25, -0.2) is 0 Å². The monoisotopic (exact) mass is 223 g/mol. The highest BCUT2D eigenvalue weighted by Gasteiger charge is 2.32. The van der Waals surface area contributed by atoms with Crippen LogP contribution in [0.4, 0.5) is 0 Å². The number of ether oxygens (including phenoxy) is 1. The van der Waals surface area contributed by atoms with Crippen molar-refractivity contribution in [2.45, 2.75) is 25.0 Å². The molecule has 2 heterocycles. The van der Waals surface area contributed by atoms with Gasteiger partial charge in [-0.05, 0) is 42.6 Å². The third-order valence-corrected chi connectivity index (χ3v) is 3.55. The van der Waals surface area contributed by atoms with Gasteiger partial charge in [0.2, 0.25) is 0 Å². The van der Waals surface area contributed by atoms with Crippen LogP contribution in [0, 0.1) is 0 Å². The molecule has 0 spiro atoms. The zero-order valence-electron chi connectivity index (χ0n) is 8.50. The lowest BCUT2D eigenvalue weighted by molar-refractivity contribution is -0.00148. The average Bonchev–Trinajstić information content (AvgIpc) is 2.16. The zero-order valence-corrected chi connectivity index (χ0v) is 9.26. The first kappa shape index (κ1) is 9.64. The van der Waals surface area contributed by atoms with E-state index in [0.29, 0.717) is 6.04 Å². The number of fused-ring (bicyclic) bond motifs is 1. The molecule has 2 aliphatic heterocycles. The number of hydrogen-bond donors (Lipinski definition) is 1. The van der Waals surface area contributed by atoms with E-state index in [9.17, 15) is 0 Å². The first-order chi connectivity index (χ1) is 7.34. The van der Waals surface area contributed by atoms with Gasteiger partial charge in [0.1, 0.15) is 0 Å². The van der Waals surface area contributed by atoms with Crippen LogP contribution < -0.4 is 5.32 Å². The van der Waals surface area contributed by atoms with Crippen molar-refractivity contribution in [3.63, 3.8) is 0 Å². The molecule has 1 N–H and O–H groups in total. The van der Waals surface area contributed by atoms with E-state index in [4.69, 9.17) is 16.3 Å². The maximum Gasteiger partial charge on any atom is 0.0981 e. The Labute approximate surface area is 94.6 Å². The minimum absolute atomic E-state index is 0.209. The molecular weight excluding hydrogens is 210 g/mol. The van der Waals surface area contributed by atoms with Gasteiger partial charge >= 0.3 is 0 Å². The summed E-state index contributed by atoms with van der Waals surface area (Å²) in [6, 6.07) is 6.64. The van der Waals surface area contributed by atoms with Crippen LogP contribution in [0.15, 0.2) is 18.2 Å². The third-order valence-electron chi connectivity index (χ3n) is 3.31. The van der Waals surface area contributed by atoms with E-state index < -0.39 is 0 Å². The van der Waals surface area contributed by atoms with Crippen LogP contribution in [0.5, 0.6) is 0 Å². The Balaban J connectivity index is 1.96. The minimum atomic E-state index is 0.209. The van der Waals surface area contributed by atoms with Crippen LogP contribution in [0.3, 0.4) is 0 Å². The summed E-state index contributed by atoms with van der Waals surface area (Å²) >= 11 is 6.03. The molecular formula is C12H14ClNO. The maximum absolute atomic E-state index is 6.03. The Bertz CT molecular complexity index is 376. The SMILES string of the molecule is Clc1ccc2c(c1)[C@H]([C@H]1CCN1)OCC2. The lowest BCUT2D eigenvalue weighted by Crippen LogP contribution is -2.48. The molecule has 3 heteroatoms. The molecule has 2 aliphatic rings. The molecule has 1 aromatic carbocycles. The van der Waals surface area contributed by atoms with Gasteiger partial charge in [-0.2, -0.15) is 0 Å². The third kappa shape index (κ3) is 1.67. The van der Waals surface area contributed by atoms with Gasteiger partial charge in [-0.3, -0.25) is 0 Å². The molecule has 80 valence electrons. The number of nitrogens with one attached hydrogen (secondary N) is 1. The summed E-state index contributed by atoms with van der Waals surface area (Å²) in [7, 11) is 0. The topological polar surface area (TPSA) is 21.3 Å². The van der Waals surface area contributed by atoms with Crippen LogP contribution in [0.2, 0.25) is 5.02 Å². The normalized spacial score (nSPS) is 29.4. The predicted molar refractivity (Wildman–Crippen MR) is 60.3 cm³/mol. The van der Waals surface area contributed by atoms with E-state index in [1.807, 2.05) is 6.07 Å². The van der Waals surface area contributed by atoms with Gasteiger partial charge in [0.05, 0.1) is 12.7 Å². The van der Waals surface area contributed by atoms with E-state index in [1.165, 1.54) is 17.5 Å². The Hall–Kier alpha value is -0.570. The standard InChI is InChI=1S/C12H14ClNO/c13-9-2-1-8-4-6-15-12(10(8)7-9)11-3-5-14-11/h1-2,7,11-12,14H,3-6H2/t11-,12-/m1/s1. The Morgan fingerprint density at radius 3 is 3.00 bits per heavy atom. The van der Waals surface area contributed by atoms with E-state index in [2.05, 4.69) is 17.4 Å². The maximum atomic E-state index is 6.03. The van der Waals surface area contributed by atoms with Crippen molar-refractivity contribution in [1.82, 2.24) is 5.32 Å². The Kier molecular flexibility index (Phi) is 2.43. The predicted octanol–water partition coefficient (Wildman–Crippen LogP) is 2.32.